The van der Waals surface area contributed by atoms with Gasteiger partial charge >= 0.3 is 0 Å². The van der Waals surface area contributed by atoms with Crippen molar-refractivity contribution < 1.29 is 0 Å². The van der Waals surface area contributed by atoms with Gasteiger partial charge in [-0.25, -0.2) is 0 Å². The molecule has 0 aromatic rings. The second kappa shape index (κ2) is 4.13. The topological polar surface area (TPSA) is 15.6 Å². The lowest BCUT2D eigenvalue weighted by Gasteiger charge is -2.03. The van der Waals surface area contributed by atoms with Crippen LogP contribution in [0.3, 0.4) is 0 Å². The summed E-state index contributed by atoms with van der Waals surface area (Å²) in [7, 11) is 3.96. The van der Waals surface area contributed by atoms with Gasteiger partial charge in [0.25, 0.3) is 0 Å². The lowest BCUT2D eigenvalue weighted by molar-refractivity contribution is 0.557. The Hall–Kier alpha value is -0.790. The van der Waals surface area contributed by atoms with Crippen LogP contribution in [0.25, 0.3) is 0 Å². The van der Waals surface area contributed by atoms with E-state index in [0.29, 0.717) is 0 Å². The second-order valence-electron chi connectivity index (χ2n) is 2.12. The van der Waals surface area contributed by atoms with Gasteiger partial charge in [-0.15, -0.1) is 0 Å². The summed E-state index contributed by atoms with van der Waals surface area (Å²) in [6.07, 6.45) is 3.76. The summed E-state index contributed by atoms with van der Waals surface area (Å²) in [4.78, 5) is 6.03. The van der Waals surface area contributed by atoms with Crippen LogP contribution in [0.4, 0.5) is 0 Å². The molecule has 0 saturated carbocycles. The Morgan fingerprint density at radius 3 is 2.33 bits per heavy atom. The molecular weight excluding hydrogens is 112 g/mol. The van der Waals surface area contributed by atoms with Crippen LogP contribution in [-0.2, 0) is 0 Å². The predicted molar refractivity (Wildman–Crippen MR) is 41.6 cm³/mol. The highest BCUT2D eigenvalue weighted by atomic mass is 15.0. The Morgan fingerprint density at radius 2 is 2.00 bits per heavy atom. The molecule has 0 bridgehead atoms. The van der Waals surface area contributed by atoms with Crippen LogP contribution in [0.15, 0.2) is 16.9 Å². The third kappa shape index (κ3) is 5.07. The molecule has 0 saturated heterocycles. The minimum absolute atomic E-state index is 1.03. The van der Waals surface area contributed by atoms with Crippen molar-refractivity contribution in [3.05, 3.63) is 11.9 Å². The number of aliphatic imine (C=N–C) groups is 1. The molecule has 0 fully saturated rings. The van der Waals surface area contributed by atoms with E-state index in [-0.39, 0.29) is 0 Å². The average molecular weight is 126 g/mol. The predicted octanol–water partition coefficient (Wildman–Crippen LogP) is 1.50. The summed E-state index contributed by atoms with van der Waals surface area (Å²) in [5, 5.41) is 0. The Kier molecular flexibility index (Phi) is 3.76. The summed E-state index contributed by atoms with van der Waals surface area (Å²) in [5.74, 6) is 0. The van der Waals surface area contributed by atoms with Crippen molar-refractivity contribution in [2.24, 2.45) is 4.99 Å². The maximum atomic E-state index is 4.06. The largest absolute Gasteiger partial charge is 0.382 e. The van der Waals surface area contributed by atoms with Crippen LogP contribution >= 0.6 is 0 Å². The van der Waals surface area contributed by atoms with Crippen LogP contribution < -0.4 is 0 Å². The van der Waals surface area contributed by atoms with Crippen LogP contribution in [0.5, 0.6) is 0 Å². The SMILES string of the molecule is CC=NC(C)=CN(C)C. The van der Waals surface area contributed by atoms with E-state index in [1.54, 1.807) is 6.21 Å². The van der Waals surface area contributed by atoms with Gasteiger partial charge in [-0.05, 0) is 13.8 Å². The standard InChI is InChI=1S/C7H14N2/c1-5-8-7(2)6-9(3)4/h5-6H,1-4H3. The summed E-state index contributed by atoms with van der Waals surface area (Å²) >= 11 is 0. The van der Waals surface area contributed by atoms with E-state index in [1.165, 1.54) is 0 Å². The number of rotatable bonds is 2. The molecule has 0 atom stereocenters. The monoisotopic (exact) mass is 126 g/mol. The highest BCUT2D eigenvalue weighted by Gasteiger charge is 1.80. The number of hydrogen-bond donors (Lipinski definition) is 0. The maximum absolute atomic E-state index is 4.06. The van der Waals surface area contributed by atoms with E-state index in [0.717, 1.165) is 5.70 Å². The molecule has 0 N–H and O–H groups in total. The molecule has 0 unspecified atom stereocenters. The van der Waals surface area contributed by atoms with Gasteiger partial charge in [-0.1, -0.05) is 0 Å². The quantitative estimate of drug-likeness (QED) is 0.512. The molecule has 0 spiro atoms. The van der Waals surface area contributed by atoms with Gasteiger partial charge in [-0.2, -0.15) is 0 Å². The fourth-order valence-corrected chi connectivity index (χ4v) is 0.611. The Labute approximate surface area is 56.9 Å². The summed E-state index contributed by atoms with van der Waals surface area (Å²) in [6.45, 7) is 3.88. The molecule has 0 aliphatic heterocycles. The number of hydrogen-bond acceptors (Lipinski definition) is 2. The van der Waals surface area contributed by atoms with Crippen LogP contribution in [-0.4, -0.2) is 25.2 Å². The maximum Gasteiger partial charge on any atom is 0.0526 e. The smallest absolute Gasteiger partial charge is 0.0526 e. The van der Waals surface area contributed by atoms with Gasteiger partial charge in [0.15, 0.2) is 0 Å². The molecule has 0 aromatic carbocycles. The third-order valence-corrected chi connectivity index (χ3v) is 0.778. The molecule has 9 heavy (non-hydrogen) atoms. The molecule has 0 amide bonds. The van der Waals surface area contributed by atoms with Crippen molar-refractivity contribution in [1.82, 2.24) is 4.90 Å². The van der Waals surface area contributed by atoms with Gasteiger partial charge in [0, 0.05) is 26.5 Å². The molecule has 0 radical (unpaired) electrons. The van der Waals surface area contributed by atoms with Crippen LogP contribution in [0.1, 0.15) is 13.8 Å². The van der Waals surface area contributed by atoms with Crippen molar-refractivity contribution in [3.8, 4) is 0 Å². The van der Waals surface area contributed by atoms with Gasteiger partial charge in [-0.3, -0.25) is 4.99 Å². The molecule has 0 rings (SSSR count). The highest BCUT2D eigenvalue weighted by molar-refractivity contribution is 5.54. The van der Waals surface area contributed by atoms with Gasteiger partial charge in [0.2, 0.25) is 0 Å². The average Bonchev–Trinajstić information content (AvgIpc) is 1.63. The summed E-state index contributed by atoms with van der Waals surface area (Å²) < 4.78 is 0. The first kappa shape index (κ1) is 8.21. The summed E-state index contributed by atoms with van der Waals surface area (Å²) in [5.41, 5.74) is 1.03. The fraction of sp³-hybridized carbons (Fsp3) is 0.571. The Balaban J connectivity index is 3.84. The normalized spacial score (nSPS) is 12.7. The van der Waals surface area contributed by atoms with E-state index in [9.17, 15) is 0 Å². The van der Waals surface area contributed by atoms with E-state index in [2.05, 4.69) is 4.99 Å². The number of allylic oxidation sites excluding steroid dienone is 1. The molecule has 52 valence electrons. The fourth-order valence-electron chi connectivity index (χ4n) is 0.611. The Bertz CT molecular complexity index is 123. The van der Waals surface area contributed by atoms with Crippen molar-refractivity contribution in [3.63, 3.8) is 0 Å². The van der Waals surface area contributed by atoms with Crippen LogP contribution in [0.2, 0.25) is 0 Å². The van der Waals surface area contributed by atoms with Crippen molar-refractivity contribution in [2.75, 3.05) is 14.1 Å². The first-order valence-corrected chi connectivity index (χ1v) is 3.00. The van der Waals surface area contributed by atoms with E-state index >= 15 is 0 Å². The zero-order valence-electron chi connectivity index (χ0n) is 6.55. The molecule has 0 heterocycles. The van der Waals surface area contributed by atoms with Crippen molar-refractivity contribution in [1.29, 1.82) is 0 Å². The minimum Gasteiger partial charge on any atom is -0.382 e. The molecule has 2 heteroatoms. The van der Waals surface area contributed by atoms with Crippen LogP contribution in [0, 0.1) is 0 Å². The van der Waals surface area contributed by atoms with Gasteiger partial charge < -0.3 is 4.90 Å². The van der Waals surface area contributed by atoms with E-state index in [4.69, 9.17) is 0 Å². The first-order valence-electron chi connectivity index (χ1n) is 3.00. The zero-order valence-corrected chi connectivity index (χ0v) is 6.55. The molecule has 0 aliphatic carbocycles. The Morgan fingerprint density at radius 1 is 1.44 bits per heavy atom. The van der Waals surface area contributed by atoms with Gasteiger partial charge in [0.05, 0.1) is 5.70 Å². The minimum atomic E-state index is 1.03. The molecular formula is C7H14N2. The first-order chi connectivity index (χ1) is 4.16. The van der Waals surface area contributed by atoms with Crippen molar-refractivity contribution >= 4 is 6.21 Å². The zero-order chi connectivity index (χ0) is 7.28. The molecule has 0 aliphatic rings. The lowest BCUT2D eigenvalue weighted by Crippen LogP contribution is -2.01. The molecule has 2 nitrogen and oxygen atoms in total. The van der Waals surface area contributed by atoms with Gasteiger partial charge in [0.1, 0.15) is 0 Å². The highest BCUT2D eigenvalue weighted by Crippen LogP contribution is 1.92. The lowest BCUT2D eigenvalue weighted by atomic mass is 10.5. The second-order valence-corrected chi connectivity index (χ2v) is 2.12. The number of nitrogens with zero attached hydrogens (tertiary/aromatic N) is 2. The van der Waals surface area contributed by atoms with E-state index < -0.39 is 0 Å². The summed E-state index contributed by atoms with van der Waals surface area (Å²) in [6, 6.07) is 0. The third-order valence-electron chi connectivity index (χ3n) is 0.778. The van der Waals surface area contributed by atoms with E-state index in [1.807, 2.05) is 39.0 Å². The molecule has 0 aromatic heterocycles. The van der Waals surface area contributed by atoms with Crippen molar-refractivity contribution in [2.45, 2.75) is 13.8 Å².